The molecule has 2 amide bonds. The zero-order chi connectivity index (χ0) is 19.7. The third kappa shape index (κ3) is 4.51. The molecule has 5 heteroatoms. The SMILES string of the molecule is NC(=O)CC1=C(CCC2=Cc3ccccc3C2CC(N)=O)C=C2C=CC=CC21.[Zr]. The average molecular weight is 464 g/mol. The van der Waals surface area contributed by atoms with Crippen molar-refractivity contribution in [1.29, 1.82) is 0 Å². The van der Waals surface area contributed by atoms with Gasteiger partial charge in [0, 0.05) is 50.9 Å². The van der Waals surface area contributed by atoms with Gasteiger partial charge in [0.1, 0.15) is 0 Å². The summed E-state index contributed by atoms with van der Waals surface area (Å²) in [6.45, 7) is 0. The molecule has 2 unspecified atom stereocenters. The number of hydrogen-bond donors (Lipinski definition) is 2. The summed E-state index contributed by atoms with van der Waals surface area (Å²) in [5.41, 5.74) is 18.1. The number of benzene rings is 1. The van der Waals surface area contributed by atoms with Crippen LogP contribution in [0, 0.1) is 5.92 Å². The van der Waals surface area contributed by atoms with Crippen LogP contribution in [0.4, 0.5) is 0 Å². The Labute approximate surface area is 190 Å². The first-order chi connectivity index (χ1) is 13.5. The van der Waals surface area contributed by atoms with Crippen LogP contribution in [0.25, 0.3) is 6.08 Å². The molecule has 0 heterocycles. The fourth-order valence-electron chi connectivity index (χ4n) is 4.58. The number of nitrogens with two attached hydrogens (primary N) is 2. The standard InChI is InChI=1S/C24H24N2O2.Zr/c25-23(27)13-21-17(11-15-5-1-3-7-19(15)21)9-10-18-12-16-6-2-4-8-20(16)22(18)14-24(26)28;/h1-8,11-12,19,22H,9-10,13-14H2,(H2,25,27)(H2,26,28);. The van der Waals surface area contributed by atoms with Crippen LogP contribution in [0.2, 0.25) is 0 Å². The average Bonchev–Trinajstić information content (AvgIpc) is 3.18. The summed E-state index contributed by atoms with van der Waals surface area (Å²) in [5.74, 6) is -0.386. The second kappa shape index (κ2) is 9.04. The maximum Gasteiger partial charge on any atom is 0.221 e. The van der Waals surface area contributed by atoms with Crippen LogP contribution in [0.3, 0.4) is 0 Å². The Hall–Kier alpha value is -2.26. The van der Waals surface area contributed by atoms with Crippen molar-refractivity contribution in [1.82, 2.24) is 0 Å². The third-order valence-corrected chi connectivity index (χ3v) is 5.80. The van der Waals surface area contributed by atoms with Crippen molar-refractivity contribution < 1.29 is 35.8 Å². The van der Waals surface area contributed by atoms with Gasteiger partial charge in [-0.2, -0.15) is 0 Å². The van der Waals surface area contributed by atoms with Crippen LogP contribution in [0.5, 0.6) is 0 Å². The molecule has 1 aromatic rings. The summed E-state index contributed by atoms with van der Waals surface area (Å²) < 4.78 is 0. The van der Waals surface area contributed by atoms with Crippen molar-refractivity contribution in [2.45, 2.75) is 31.6 Å². The number of primary amides is 2. The van der Waals surface area contributed by atoms with E-state index in [1.807, 2.05) is 24.3 Å². The molecule has 3 aliphatic carbocycles. The van der Waals surface area contributed by atoms with E-state index in [2.05, 4.69) is 36.4 Å². The molecule has 3 aliphatic rings. The third-order valence-electron chi connectivity index (χ3n) is 5.80. The predicted octanol–water partition coefficient (Wildman–Crippen LogP) is 3.67. The largest absolute Gasteiger partial charge is 0.370 e. The molecule has 0 saturated carbocycles. The minimum atomic E-state index is -0.302. The smallest absolute Gasteiger partial charge is 0.221 e. The number of rotatable bonds is 7. The molecule has 146 valence electrons. The first-order valence-corrected chi connectivity index (χ1v) is 9.67. The van der Waals surface area contributed by atoms with Gasteiger partial charge in [0.05, 0.1) is 0 Å². The molecule has 1 aromatic carbocycles. The van der Waals surface area contributed by atoms with E-state index in [-0.39, 0.29) is 56.3 Å². The predicted molar refractivity (Wildman–Crippen MR) is 111 cm³/mol. The van der Waals surface area contributed by atoms with Gasteiger partial charge in [-0.25, -0.2) is 0 Å². The number of allylic oxidation sites excluding steroid dienone is 8. The van der Waals surface area contributed by atoms with Gasteiger partial charge in [0.25, 0.3) is 0 Å². The number of amides is 2. The van der Waals surface area contributed by atoms with E-state index in [1.165, 1.54) is 27.8 Å². The molecule has 0 aromatic heterocycles. The van der Waals surface area contributed by atoms with E-state index in [4.69, 9.17) is 11.5 Å². The Morgan fingerprint density at radius 1 is 0.966 bits per heavy atom. The van der Waals surface area contributed by atoms with Gasteiger partial charge in [0.15, 0.2) is 0 Å². The summed E-state index contributed by atoms with van der Waals surface area (Å²) in [4.78, 5) is 23.2. The zero-order valence-corrected chi connectivity index (χ0v) is 18.7. The molecule has 0 aliphatic heterocycles. The Balaban J connectivity index is 0.00000240. The summed E-state index contributed by atoms with van der Waals surface area (Å²) in [6, 6.07) is 8.17. The van der Waals surface area contributed by atoms with Crippen LogP contribution in [-0.4, -0.2) is 11.8 Å². The van der Waals surface area contributed by atoms with Crippen molar-refractivity contribution in [3.05, 3.63) is 88.1 Å². The topological polar surface area (TPSA) is 86.2 Å². The normalized spacial score (nSPS) is 21.2. The molecular weight excluding hydrogens is 440 g/mol. The molecular formula is C24H24N2O2Zr. The van der Waals surface area contributed by atoms with Gasteiger partial charge in [-0.15, -0.1) is 0 Å². The minimum absolute atomic E-state index is 0. The van der Waals surface area contributed by atoms with Gasteiger partial charge in [-0.1, -0.05) is 66.3 Å². The van der Waals surface area contributed by atoms with Gasteiger partial charge < -0.3 is 11.5 Å². The molecule has 4 rings (SSSR count). The van der Waals surface area contributed by atoms with Gasteiger partial charge >= 0.3 is 0 Å². The fraction of sp³-hybridized carbons (Fsp3) is 0.250. The molecule has 2 atom stereocenters. The summed E-state index contributed by atoms with van der Waals surface area (Å²) in [6.07, 6.45) is 14.9. The Morgan fingerprint density at radius 3 is 2.52 bits per heavy atom. The van der Waals surface area contributed by atoms with Crippen LogP contribution in [0.1, 0.15) is 42.7 Å². The van der Waals surface area contributed by atoms with Crippen molar-refractivity contribution in [3.8, 4) is 0 Å². The summed E-state index contributed by atoms with van der Waals surface area (Å²) in [7, 11) is 0. The van der Waals surface area contributed by atoms with Gasteiger partial charge in [0.2, 0.25) is 11.8 Å². The zero-order valence-electron chi connectivity index (χ0n) is 16.2. The van der Waals surface area contributed by atoms with Crippen molar-refractivity contribution in [2.75, 3.05) is 0 Å². The van der Waals surface area contributed by atoms with E-state index in [9.17, 15) is 9.59 Å². The molecule has 0 spiro atoms. The van der Waals surface area contributed by atoms with Crippen LogP contribution < -0.4 is 11.5 Å². The number of carbonyl (C=O) groups excluding carboxylic acids is 2. The van der Waals surface area contributed by atoms with Crippen LogP contribution in [-0.2, 0) is 35.8 Å². The molecule has 29 heavy (non-hydrogen) atoms. The van der Waals surface area contributed by atoms with Gasteiger partial charge in [-0.05, 0) is 40.7 Å². The van der Waals surface area contributed by atoms with Crippen molar-refractivity contribution >= 4 is 17.9 Å². The quantitative estimate of drug-likeness (QED) is 0.646. The maximum absolute atomic E-state index is 11.6. The molecule has 4 nitrogen and oxygen atoms in total. The van der Waals surface area contributed by atoms with Crippen LogP contribution in [0.15, 0.2) is 76.9 Å². The number of carbonyl (C=O) groups is 2. The molecule has 0 fully saturated rings. The Morgan fingerprint density at radius 2 is 1.76 bits per heavy atom. The Kier molecular flexibility index (Phi) is 6.69. The van der Waals surface area contributed by atoms with E-state index in [0.717, 1.165) is 18.4 Å². The number of hydrogen-bond acceptors (Lipinski definition) is 2. The maximum atomic E-state index is 11.6. The summed E-state index contributed by atoms with van der Waals surface area (Å²) >= 11 is 0. The number of fused-ring (bicyclic) bond motifs is 2. The fourth-order valence-corrected chi connectivity index (χ4v) is 4.58. The second-order valence-corrected chi connectivity index (χ2v) is 7.63. The summed E-state index contributed by atoms with van der Waals surface area (Å²) in [5, 5.41) is 0. The Bertz CT molecular complexity index is 998. The van der Waals surface area contributed by atoms with E-state index >= 15 is 0 Å². The molecule has 0 radical (unpaired) electrons. The van der Waals surface area contributed by atoms with E-state index in [1.54, 1.807) is 0 Å². The van der Waals surface area contributed by atoms with Crippen LogP contribution >= 0.6 is 0 Å². The minimum Gasteiger partial charge on any atom is -0.370 e. The van der Waals surface area contributed by atoms with E-state index < -0.39 is 0 Å². The van der Waals surface area contributed by atoms with E-state index in [0.29, 0.717) is 6.42 Å². The molecule has 0 saturated heterocycles. The van der Waals surface area contributed by atoms with Crippen molar-refractivity contribution in [2.24, 2.45) is 17.4 Å². The molecule has 4 N–H and O–H groups in total. The first-order valence-electron chi connectivity index (χ1n) is 9.67. The monoisotopic (exact) mass is 462 g/mol. The second-order valence-electron chi connectivity index (χ2n) is 7.63. The first kappa shape index (κ1) is 21.5. The van der Waals surface area contributed by atoms with Gasteiger partial charge in [-0.3, -0.25) is 9.59 Å². The molecule has 0 bridgehead atoms. The van der Waals surface area contributed by atoms with Crippen molar-refractivity contribution in [3.63, 3.8) is 0 Å².